The summed E-state index contributed by atoms with van der Waals surface area (Å²) in [7, 11) is 1.77. The molecule has 0 amide bonds. The zero-order chi connectivity index (χ0) is 22.4. The molecule has 0 unspecified atom stereocenters. The van der Waals surface area contributed by atoms with Gasteiger partial charge in [0.2, 0.25) is 0 Å². The highest BCUT2D eigenvalue weighted by Gasteiger charge is 2.50. The van der Waals surface area contributed by atoms with Crippen LogP contribution in [0.15, 0.2) is 42.5 Å². The van der Waals surface area contributed by atoms with E-state index in [1.165, 1.54) is 80.2 Å². The molecule has 7 rings (SSSR count). The summed E-state index contributed by atoms with van der Waals surface area (Å²) in [6, 6.07) is 16.8. The Morgan fingerprint density at radius 2 is 1.67 bits per heavy atom. The molecule has 1 aliphatic heterocycles. The van der Waals surface area contributed by atoms with E-state index in [1.807, 2.05) is 0 Å². The Morgan fingerprint density at radius 1 is 0.970 bits per heavy atom. The van der Waals surface area contributed by atoms with E-state index in [0.29, 0.717) is 11.6 Å². The molecule has 33 heavy (non-hydrogen) atoms. The Kier molecular flexibility index (Phi) is 5.64. The van der Waals surface area contributed by atoms with Crippen molar-refractivity contribution in [2.45, 2.75) is 88.8 Å². The third-order valence-electron chi connectivity index (χ3n) is 9.13. The van der Waals surface area contributed by atoms with Crippen molar-refractivity contribution < 1.29 is 4.74 Å². The number of nitrogens with one attached hydrogen (secondary N) is 2. The molecule has 4 bridgehead atoms. The van der Waals surface area contributed by atoms with Crippen LogP contribution in [0.3, 0.4) is 0 Å². The number of hydrogen-bond acceptors (Lipinski definition) is 3. The fourth-order valence-electron chi connectivity index (χ4n) is 8.06. The maximum Gasteiger partial charge on any atom is 0.119 e. The first-order valence-corrected chi connectivity index (χ1v) is 13.4. The average molecular weight is 445 g/mol. The lowest BCUT2D eigenvalue weighted by Crippen LogP contribution is -2.54. The third-order valence-corrected chi connectivity index (χ3v) is 9.13. The van der Waals surface area contributed by atoms with Gasteiger partial charge in [-0.2, -0.15) is 0 Å². The van der Waals surface area contributed by atoms with E-state index in [1.54, 1.807) is 7.11 Å². The summed E-state index contributed by atoms with van der Waals surface area (Å²) >= 11 is 0. The fraction of sp³-hybridized carbons (Fsp3) is 0.600. The van der Waals surface area contributed by atoms with Crippen molar-refractivity contribution in [3.05, 3.63) is 59.2 Å². The first-order chi connectivity index (χ1) is 16.1. The highest BCUT2D eigenvalue weighted by molar-refractivity contribution is 5.51. The first-order valence-electron chi connectivity index (χ1n) is 13.4. The van der Waals surface area contributed by atoms with Crippen LogP contribution in [0.1, 0.15) is 87.4 Å². The van der Waals surface area contributed by atoms with E-state index in [-0.39, 0.29) is 6.04 Å². The summed E-state index contributed by atoms with van der Waals surface area (Å²) in [4.78, 5) is 0. The highest BCUT2D eigenvalue weighted by atomic mass is 16.5. The van der Waals surface area contributed by atoms with Crippen molar-refractivity contribution >= 4 is 5.69 Å². The molecular weight excluding hydrogens is 404 g/mol. The van der Waals surface area contributed by atoms with Gasteiger partial charge in [-0.25, -0.2) is 0 Å². The molecule has 1 heterocycles. The number of benzene rings is 2. The van der Waals surface area contributed by atoms with Crippen LogP contribution < -0.4 is 15.4 Å². The van der Waals surface area contributed by atoms with E-state index in [4.69, 9.17) is 4.74 Å². The summed E-state index contributed by atoms with van der Waals surface area (Å²) in [5.74, 6) is 3.90. The Balaban J connectivity index is 1.23. The minimum Gasteiger partial charge on any atom is -0.497 e. The standard InChI is InChI=1S/C30H40N2O/c1-3-4-5-26-15-24-16-27(33-2)10-11-28(24)29(31-26)23-6-8-25(9-7-23)32-30-17-20-12-21(18-30)14-22(13-20)19-30/h6-11,16,20-22,26,29,31-32H,3-5,12-15,17-19H2,1-2H3/t20?,21?,22?,26-,29+,30?/m0/s1. The Labute approximate surface area is 199 Å². The summed E-state index contributed by atoms with van der Waals surface area (Å²) < 4.78 is 5.54. The van der Waals surface area contributed by atoms with Gasteiger partial charge in [-0.3, -0.25) is 0 Å². The van der Waals surface area contributed by atoms with Crippen molar-refractivity contribution in [2.24, 2.45) is 17.8 Å². The molecule has 2 aromatic rings. The molecule has 2 atom stereocenters. The zero-order valence-corrected chi connectivity index (χ0v) is 20.4. The molecule has 4 aliphatic carbocycles. The van der Waals surface area contributed by atoms with Crippen LogP contribution in [0.5, 0.6) is 5.75 Å². The molecule has 4 fully saturated rings. The second-order valence-electron chi connectivity index (χ2n) is 11.7. The van der Waals surface area contributed by atoms with Gasteiger partial charge in [0.15, 0.2) is 0 Å². The lowest BCUT2D eigenvalue weighted by Gasteiger charge is -2.57. The molecule has 4 saturated carbocycles. The predicted molar refractivity (Wildman–Crippen MR) is 136 cm³/mol. The van der Waals surface area contributed by atoms with E-state index < -0.39 is 0 Å². The minimum atomic E-state index is 0.259. The average Bonchev–Trinajstić information content (AvgIpc) is 2.81. The van der Waals surface area contributed by atoms with Gasteiger partial charge in [0.1, 0.15) is 5.75 Å². The van der Waals surface area contributed by atoms with Crippen LogP contribution in [0.4, 0.5) is 5.69 Å². The summed E-state index contributed by atoms with van der Waals surface area (Å²) in [5, 5.41) is 8.03. The predicted octanol–water partition coefficient (Wildman–Crippen LogP) is 6.87. The largest absolute Gasteiger partial charge is 0.497 e. The third kappa shape index (κ3) is 4.18. The number of fused-ring (bicyclic) bond motifs is 1. The molecule has 2 aromatic carbocycles. The van der Waals surface area contributed by atoms with Gasteiger partial charge in [-0.05, 0) is 110 Å². The number of rotatable bonds is 7. The van der Waals surface area contributed by atoms with Crippen molar-refractivity contribution in [1.29, 1.82) is 0 Å². The first kappa shape index (κ1) is 21.5. The molecule has 3 nitrogen and oxygen atoms in total. The van der Waals surface area contributed by atoms with Gasteiger partial charge in [-0.15, -0.1) is 0 Å². The molecule has 0 saturated heterocycles. The normalized spacial score (nSPS) is 34.2. The monoisotopic (exact) mass is 444 g/mol. The molecule has 176 valence electrons. The van der Waals surface area contributed by atoms with E-state index >= 15 is 0 Å². The van der Waals surface area contributed by atoms with Gasteiger partial charge in [-0.1, -0.05) is 38.0 Å². The van der Waals surface area contributed by atoms with Crippen molar-refractivity contribution in [3.63, 3.8) is 0 Å². The Morgan fingerprint density at radius 3 is 2.30 bits per heavy atom. The SMILES string of the molecule is CCCC[C@H]1Cc2cc(OC)ccc2[C@@H](c2ccc(NC34CC5CC(CC(C5)C3)C4)cc2)N1. The Bertz CT molecular complexity index is 946. The molecule has 2 N–H and O–H groups in total. The van der Waals surface area contributed by atoms with Crippen LogP contribution in [0, 0.1) is 17.8 Å². The van der Waals surface area contributed by atoms with Crippen LogP contribution in [-0.2, 0) is 6.42 Å². The van der Waals surface area contributed by atoms with E-state index in [0.717, 1.165) is 29.9 Å². The lowest BCUT2D eigenvalue weighted by atomic mass is 9.53. The second kappa shape index (κ2) is 8.65. The van der Waals surface area contributed by atoms with Crippen molar-refractivity contribution in [3.8, 4) is 5.75 Å². The van der Waals surface area contributed by atoms with Crippen LogP contribution in [0.25, 0.3) is 0 Å². The smallest absolute Gasteiger partial charge is 0.119 e. The number of unbranched alkanes of at least 4 members (excludes halogenated alkanes) is 1. The van der Waals surface area contributed by atoms with E-state index in [9.17, 15) is 0 Å². The summed E-state index contributed by atoms with van der Waals surface area (Å²) in [6.45, 7) is 2.28. The van der Waals surface area contributed by atoms with Gasteiger partial charge in [0.05, 0.1) is 13.2 Å². The van der Waals surface area contributed by atoms with Crippen LogP contribution in [-0.4, -0.2) is 18.7 Å². The fourth-order valence-corrected chi connectivity index (χ4v) is 8.06. The van der Waals surface area contributed by atoms with Crippen molar-refractivity contribution in [2.75, 3.05) is 12.4 Å². The number of methoxy groups -OCH3 is 1. The molecule has 0 spiro atoms. The number of hydrogen-bond donors (Lipinski definition) is 2. The molecule has 0 aromatic heterocycles. The topological polar surface area (TPSA) is 33.3 Å². The van der Waals surface area contributed by atoms with Gasteiger partial charge in [0.25, 0.3) is 0 Å². The summed E-state index contributed by atoms with van der Waals surface area (Å²) in [5.41, 5.74) is 5.90. The van der Waals surface area contributed by atoms with Gasteiger partial charge in [0, 0.05) is 17.3 Å². The Hall–Kier alpha value is -2.00. The van der Waals surface area contributed by atoms with E-state index in [2.05, 4.69) is 60.0 Å². The zero-order valence-electron chi connectivity index (χ0n) is 20.4. The quantitative estimate of drug-likeness (QED) is 0.489. The van der Waals surface area contributed by atoms with Gasteiger partial charge < -0.3 is 15.4 Å². The summed E-state index contributed by atoms with van der Waals surface area (Å²) in [6.07, 6.45) is 13.5. The lowest BCUT2D eigenvalue weighted by molar-refractivity contribution is 0.0107. The number of ether oxygens (including phenoxy) is 1. The van der Waals surface area contributed by atoms with Gasteiger partial charge >= 0.3 is 0 Å². The second-order valence-corrected chi connectivity index (χ2v) is 11.7. The van der Waals surface area contributed by atoms with Crippen LogP contribution >= 0.6 is 0 Å². The van der Waals surface area contributed by atoms with Crippen LogP contribution in [0.2, 0.25) is 0 Å². The molecule has 5 aliphatic rings. The molecule has 0 radical (unpaired) electrons. The highest BCUT2D eigenvalue weighted by Crippen LogP contribution is 2.56. The molecular formula is C30H40N2O. The van der Waals surface area contributed by atoms with Crippen molar-refractivity contribution in [1.82, 2.24) is 5.32 Å². The molecule has 3 heteroatoms. The maximum atomic E-state index is 5.54. The maximum absolute atomic E-state index is 5.54. The number of anilines is 1. The minimum absolute atomic E-state index is 0.259.